The molecule has 0 fully saturated rings. The number of ether oxygens (including phenoxy) is 1. The van der Waals surface area contributed by atoms with Gasteiger partial charge in [0, 0.05) is 6.20 Å². The second-order valence-corrected chi connectivity index (χ2v) is 7.26. The summed E-state index contributed by atoms with van der Waals surface area (Å²) in [5, 5.41) is 8.93. The Hall–Kier alpha value is -2.69. The number of fused-ring (bicyclic) bond motifs is 1. The molecule has 5 nitrogen and oxygen atoms in total. The topological polar surface area (TPSA) is 51.2 Å². The van der Waals surface area contributed by atoms with Gasteiger partial charge in [-0.15, -0.1) is 10.2 Å². The van der Waals surface area contributed by atoms with Crippen LogP contribution in [-0.4, -0.2) is 16.0 Å². The molecule has 26 heavy (non-hydrogen) atoms. The molecule has 2 aromatic heterocycles. The smallest absolute Gasteiger partial charge is 0.183 e. The third-order valence-electron chi connectivity index (χ3n) is 4.07. The molecule has 1 aromatic carbocycles. The van der Waals surface area contributed by atoms with E-state index in [9.17, 15) is 0 Å². The number of hydrogen-bond donors (Lipinski definition) is 0. The van der Waals surface area contributed by atoms with Gasteiger partial charge in [-0.25, -0.2) is 4.98 Å². The third kappa shape index (κ3) is 3.93. The minimum atomic E-state index is 0.273. The van der Waals surface area contributed by atoms with Gasteiger partial charge in [0.05, 0.1) is 18.0 Å². The Kier molecular flexibility index (Phi) is 5.35. The molecular weight excluding hydrogens is 324 g/mol. The molecule has 3 rings (SSSR count). The molecule has 0 aliphatic rings. The van der Waals surface area contributed by atoms with E-state index < -0.39 is 0 Å². The molecule has 0 aliphatic carbocycles. The van der Waals surface area contributed by atoms with Gasteiger partial charge in [0.15, 0.2) is 5.82 Å². The van der Waals surface area contributed by atoms with Crippen LogP contribution in [0.15, 0.2) is 52.8 Å². The summed E-state index contributed by atoms with van der Waals surface area (Å²) < 4.78 is 7.72. The number of aryl methyl sites for hydroxylation is 1. The van der Waals surface area contributed by atoms with Crippen molar-refractivity contribution >= 4 is 17.2 Å². The van der Waals surface area contributed by atoms with E-state index in [4.69, 9.17) is 9.72 Å². The first-order valence-corrected chi connectivity index (χ1v) is 9.08. The van der Waals surface area contributed by atoms with Gasteiger partial charge < -0.3 is 4.74 Å². The summed E-state index contributed by atoms with van der Waals surface area (Å²) in [6.45, 7) is 11.3. The van der Waals surface area contributed by atoms with Crippen molar-refractivity contribution in [3.63, 3.8) is 0 Å². The second kappa shape index (κ2) is 7.68. The Morgan fingerprint density at radius 2 is 1.77 bits per heavy atom. The molecule has 0 aliphatic heterocycles. The summed E-state index contributed by atoms with van der Waals surface area (Å²) >= 11 is 0. The molecule has 0 N–H and O–H groups in total. The van der Waals surface area contributed by atoms with Crippen molar-refractivity contribution in [2.24, 2.45) is 16.1 Å². The standard InChI is InChI=1S/C21H26N4O/c1-14(2)13-26-18-10-8-17(9-11-18)23-24-21-19(15(3)4)22-20-16(5)7-6-12-25(20)21/h6-12,14-15H,13H2,1-5H3. The third-order valence-corrected chi connectivity index (χ3v) is 4.07. The van der Waals surface area contributed by atoms with Crippen molar-refractivity contribution in [2.45, 2.75) is 40.5 Å². The van der Waals surface area contributed by atoms with E-state index in [1.54, 1.807) is 0 Å². The fraction of sp³-hybridized carbons (Fsp3) is 0.381. The maximum atomic E-state index is 5.71. The van der Waals surface area contributed by atoms with Gasteiger partial charge in [-0.3, -0.25) is 4.40 Å². The van der Waals surface area contributed by atoms with E-state index in [1.807, 2.05) is 40.9 Å². The van der Waals surface area contributed by atoms with E-state index in [1.165, 1.54) is 0 Å². The Balaban J connectivity index is 1.88. The van der Waals surface area contributed by atoms with Crippen molar-refractivity contribution in [1.29, 1.82) is 0 Å². The van der Waals surface area contributed by atoms with Crippen molar-refractivity contribution in [3.8, 4) is 5.75 Å². The SMILES string of the molecule is Cc1cccn2c(N=Nc3ccc(OCC(C)C)cc3)c(C(C)C)nc12. The first-order chi connectivity index (χ1) is 12.5. The molecule has 0 radical (unpaired) electrons. The van der Waals surface area contributed by atoms with Gasteiger partial charge in [-0.05, 0) is 54.7 Å². The second-order valence-electron chi connectivity index (χ2n) is 7.26. The summed E-state index contributed by atoms with van der Waals surface area (Å²) in [4.78, 5) is 4.77. The van der Waals surface area contributed by atoms with Gasteiger partial charge in [-0.1, -0.05) is 33.8 Å². The van der Waals surface area contributed by atoms with Gasteiger partial charge in [0.2, 0.25) is 0 Å². The molecule has 0 spiro atoms. The van der Waals surface area contributed by atoms with Gasteiger partial charge in [0.1, 0.15) is 11.4 Å². The Morgan fingerprint density at radius 1 is 1.04 bits per heavy atom. The predicted octanol–water partition coefficient (Wildman–Crippen LogP) is 6.22. The number of azo groups is 1. The van der Waals surface area contributed by atoms with Crippen molar-refractivity contribution in [3.05, 3.63) is 53.9 Å². The number of imidazole rings is 1. The number of pyridine rings is 1. The van der Waals surface area contributed by atoms with E-state index in [0.717, 1.165) is 34.2 Å². The van der Waals surface area contributed by atoms with Crippen LogP contribution >= 0.6 is 0 Å². The van der Waals surface area contributed by atoms with Gasteiger partial charge in [-0.2, -0.15) is 0 Å². The van der Waals surface area contributed by atoms with Crippen molar-refractivity contribution < 1.29 is 4.74 Å². The average Bonchev–Trinajstić information content (AvgIpc) is 2.99. The van der Waals surface area contributed by atoms with Crippen molar-refractivity contribution in [1.82, 2.24) is 9.38 Å². The fourth-order valence-electron chi connectivity index (χ4n) is 2.67. The van der Waals surface area contributed by atoms with Gasteiger partial charge in [0.25, 0.3) is 0 Å². The van der Waals surface area contributed by atoms with Crippen LogP contribution in [0.5, 0.6) is 5.75 Å². The zero-order valence-corrected chi connectivity index (χ0v) is 16.1. The summed E-state index contributed by atoms with van der Waals surface area (Å²) in [5.41, 5.74) is 3.81. The molecular formula is C21H26N4O. The normalized spacial score (nSPS) is 12.0. The zero-order chi connectivity index (χ0) is 18.7. The Morgan fingerprint density at radius 3 is 2.42 bits per heavy atom. The van der Waals surface area contributed by atoms with E-state index in [-0.39, 0.29) is 5.92 Å². The summed E-state index contributed by atoms with van der Waals surface area (Å²) in [6, 6.07) is 11.8. The number of nitrogens with zero attached hydrogens (tertiary/aromatic N) is 4. The van der Waals surface area contributed by atoms with Crippen LogP contribution in [-0.2, 0) is 0 Å². The molecule has 0 atom stereocenters. The van der Waals surface area contributed by atoms with Crippen LogP contribution in [0.25, 0.3) is 5.65 Å². The highest BCUT2D eigenvalue weighted by Crippen LogP contribution is 2.30. The number of aromatic nitrogens is 2. The number of benzene rings is 1. The van der Waals surface area contributed by atoms with E-state index >= 15 is 0 Å². The van der Waals surface area contributed by atoms with Crippen molar-refractivity contribution in [2.75, 3.05) is 6.61 Å². The highest BCUT2D eigenvalue weighted by Gasteiger charge is 2.15. The van der Waals surface area contributed by atoms with E-state index in [0.29, 0.717) is 12.5 Å². The van der Waals surface area contributed by atoms with Crippen LogP contribution in [0.1, 0.15) is 44.9 Å². The lowest BCUT2D eigenvalue weighted by Gasteiger charge is -2.08. The van der Waals surface area contributed by atoms with Gasteiger partial charge >= 0.3 is 0 Å². The molecule has 2 heterocycles. The van der Waals surface area contributed by atoms with Crippen LogP contribution in [0.3, 0.4) is 0 Å². The molecule has 136 valence electrons. The number of hydrogen-bond acceptors (Lipinski definition) is 4. The lowest BCUT2D eigenvalue weighted by atomic mass is 10.1. The summed E-state index contributed by atoms with van der Waals surface area (Å²) in [5.74, 6) is 2.42. The molecule has 0 amide bonds. The summed E-state index contributed by atoms with van der Waals surface area (Å²) in [7, 11) is 0. The van der Waals surface area contributed by atoms with Crippen LogP contribution in [0, 0.1) is 12.8 Å². The monoisotopic (exact) mass is 350 g/mol. The van der Waals surface area contributed by atoms with Crippen LogP contribution in [0.2, 0.25) is 0 Å². The summed E-state index contributed by atoms with van der Waals surface area (Å²) in [6.07, 6.45) is 1.98. The fourth-order valence-corrected chi connectivity index (χ4v) is 2.67. The zero-order valence-electron chi connectivity index (χ0n) is 16.1. The Labute approximate surface area is 154 Å². The lowest BCUT2D eigenvalue weighted by molar-refractivity contribution is 0.271. The number of rotatable bonds is 6. The molecule has 0 unspecified atom stereocenters. The maximum absolute atomic E-state index is 5.71. The minimum absolute atomic E-state index is 0.273. The quantitative estimate of drug-likeness (QED) is 0.496. The molecule has 0 saturated heterocycles. The van der Waals surface area contributed by atoms with Crippen LogP contribution in [0.4, 0.5) is 11.5 Å². The minimum Gasteiger partial charge on any atom is -0.493 e. The lowest BCUT2D eigenvalue weighted by Crippen LogP contribution is -2.03. The maximum Gasteiger partial charge on any atom is 0.183 e. The molecule has 5 heteroatoms. The Bertz CT molecular complexity index is 908. The molecule has 0 saturated carbocycles. The highest BCUT2D eigenvalue weighted by molar-refractivity contribution is 5.57. The molecule has 0 bridgehead atoms. The largest absolute Gasteiger partial charge is 0.493 e. The molecule has 3 aromatic rings. The first-order valence-electron chi connectivity index (χ1n) is 9.08. The first kappa shape index (κ1) is 18.1. The highest BCUT2D eigenvalue weighted by atomic mass is 16.5. The average molecular weight is 350 g/mol. The predicted molar refractivity (Wildman–Crippen MR) is 105 cm³/mol. The van der Waals surface area contributed by atoms with Crippen LogP contribution < -0.4 is 4.74 Å². The van der Waals surface area contributed by atoms with E-state index in [2.05, 4.69) is 50.9 Å².